The number of hydrogen-bond acceptors (Lipinski definition) is 2. The van der Waals surface area contributed by atoms with Crippen molar-refractivity contribution in [3.8, 4) is 5.75 Å². The molecule has 0 aliphatic carbocycles. The van der Waals surface area contributed by atoms with Crippen LogP contribution < -0.4 is 10.1 Å². The summed E-state index contributed by atoms with van der Waals surface area (Å²) in [6, 6.07) is 9.56. The average Bonchev–Trinajstić information content (AvgIpc) is 2.36. The van der Waals surface area contributed by atoms with E-state index in [0.29, 0.717) is 21.4 Å². The van der Waals surface area contributed by atoms with E-state index in [1.165, 1.54) is 13.2 Å². The summed E-state index contributed by atoms with van der Waals surface area (Å²) < 4.78 is 19.2. The van der Waals surface area contributed by atoms with Crippen molar-refractivity contribution in [1.29, 1.82) is 0 Å². The van der Waals surface area contributed by atoms with Gasteiger partial charge in [-0.25, -0.2) is 4.39 Å². The molecule has 20 heavy (non-hydrogen) atoms. The summed E-state index contributed by atoms with van der Waals surface area (Å²) in [5.74, 6) is 0.176. The van der Waals surface area contributed by atoms with Gasteiger partial charge in [-0.15, -0.1) is 0 Å². The van der Waals surface area contributed by atoms with Gasteiger partial charge in [0.05, 0.1) is 18.7 Å². The summed E-state index contributed by atoms with van der Waals surface area (Å²) in [5, 5.41) is 4.21. The Balaban J connectivity index is 2.30. The molecule has 2 aromatic carbocycles. The van der Waals surface area contributed by atoms with Crippen molar-refractivity contribution in [3.63, 3.8) is 0 Å². The first-order valence-electron chi connectivity index (χ1n) is 6.06. The highest BCUT2D eigenvalue weighted by atomic mass is 35.5. The van der Waals surface area contributed by atoms with Crippen LogP contribution in [-0.4, -0.2) is 7.11 Å². The summed E-state index contributed by atoms with van der Waals surface area (Å²) in [6.07, 6.45) is 0. The minimum absolute atomic E-state index is 0.291. The van der Waals surface area contributed by atoms with E-state index < -0.39 is 0 Å². The van der Waals surface area contributed by atoms with Gasteiger partial charge in [0.15, 0.2) is 0 Å². The van der Waals surface area contributed by atoms with Crippen LogP contribution in [0.5, 0.6) is 5.75 Å². The zero-order valence-corrected chi connectivity index (χ0v) is 12.6. The second-order valence-corrected chi connectivity index (χ2v) is 5.25. The molecule has 2 aromatic rings. The van der Waals surface area contributed by atoms with Crippen LogP contribution in [0.15, 0.2) is 36.4 Å². The van der Waals surface area contributed by atoms with Gasteiger partial charge in [-0.2, -0.15) is 0 Å². The quantitative estimate of drug-likeness (QED) is 0.825. The maximum absolute atomic E-state index is 14.0. The molecule has 0 saturated heterocycles. The van der Waals surface area contributed by atoms with Crippen LogP contribution in [0, 0.1) is 5.82 Å². The number of halogens is 3. The average molecular weight is 314 g/mol. The molecule has 1 unspecified atom stereocenters. The smallest absolute Gasteiger partial charge is 0.132 e. The van der Waals surface area contributed by atoms with E-state index in [9.17, 15) is 4.39 Å². The lowest BCUT2D eigenvalue weighted by Gasteiger charge is -2.19. The standard InChI is InChI=1S/C15H14Cl2FNO/c1-9(15-13(18)4-3-5-14(15)20-2)19-12-7-10(16)6-11(17)8-12/h3-9,19H,1-2H3. The molecular formula is C15H14Cl2FNO. The minimum Gasteiger partial charge on any atom is -0.496 e. The molecule has 0 spiro atoms. The fourth-order valence-electron chi connectivity index (χ4n) is 2.07. The predicted octanol–water partition coefficient (Wildman–Crippen LogP) is 5.31. The molecule has 0 radical (unpaired) electrons. The van der Waals surface area contributed by atoms with Gasteiger partial charge in [0.2, 0.25) is 0 Å². The molecule has 0 amide bonds. The van der Waals surface area contributed by atoms with Gasteiger partial charge in [0.25, 0.3) is 0 Å². The molecule has 0 saturated carbocycles. The van der Waals surface area contributed by atoms with Crippen LogP contribution in [0.1, 0.15) is 18.5 Å². The topological polar surface area (TPSA) is 21.3 Å². The highest BCUT2D eigenvalue weighted by Crippen LogP contribution is 2.31. The van der Waals surface area contributed by atoms with Crippen LogP contribution in [0.25, 0.3) is 0 Å². The number of anilines is 1. The minimum atomic E-state index is -0.322. The van der Waals surface area contributed by atoms with Gasteiger partial charge in [-0.05, 0) is 37.3 Å². The molecule has 1 atom stereocenters. The van der Waals surface area contributed by atoms with Crippen molar-refractivity contribution < 1.29 is 9.13 Å². The Kier molecular flexibility index (Phi) is 4.73. The molecule has 0 aliphatic rings. The number of benzene rings is 2. The van der Waals surface area contributed by atoms with Crippen molar-refractivity contribution in [3.05, 3.63) is 57.8 Å². The molecular weight excluding hydrogens is 300 g/mol. The van der Waals surface area contributed by atoms with Crippen molar-refractivity contribution in [2.24, 2.45) is 0 Å². The lowest BCUT2D eigenvalue weighted by molar-refractivity contribution is 0.402. The number of nitrogens with one attached hydrogen (secondary N) is 1. The van der Waals surface area contributed by atoms with Crippen LogP contribution in [-0.2, 0) is 0 Å². The molecule has 2 nitrogen and oxygen atoms in total. The predicted molar refractivity (Wildman–Crippen MR) is 81.5 cm³/mol. The van der Waals surface area contributed by atoms with Crippen molar-refractivity contribution in [2.45, 2.75) is 13.0 Å². The summed E-state index contributed by atoms with van der Waals surface area (Å²) >= 11 is 11.9. The van der Waals surface area contributed by atoms with Crippen LogP contribution in [0.2, 0.25) is 10.0 Å². The second-order valence-electron chi connectivity index (χ2n) is 4.38. The van der Waals surface area contributed by atoms with Gasteiger partial charge in [0, 0.05) is 15.7 Å². The third-order valence-corrected chi connectivity index (χ3v) is 3.35. The molecule has 0 aromatic heterocycles. The monoisotopic (exact) mass is 313 g/mol. The summed E-state index contributed by atoms with van der Waals surface area (Å²) in [7, 11) is 1.52. The fraction of sp³-hybridized carbons (Fsp3) is 0.200. The first-order valence-corrected chi connectivity index (χ1v) is 6.82. The van der Waals surface area contributed by atoms with Gasteiger partial charge in [-0.3, -0.25) is 0 Å². The summed E-state index contributed by atoms with van der Waals surface area (Å²) in [4.78, 5) is 0. The molecule has 0 aliphatic heterocycles. The van der Waals surface area contributed by atoms with Gasteiger partial charge in [-0.1, -0.05) is 29.3 Å². The molecule has 5 heteroatoms. The van der Waals surface area contributed by atoms with Crippen molar-refractivity contribution in [2.75, 3.05) is 12.4 Å². The Morgan fingerprint density at radius 1 is 1.15 bits per heavy atom. The van der Waals surface area contributed by atoms with E-state index in [4.69, 9.17) is 27.9 Å². The molecule has 0 bridgehead atoms. The van der Waals surface area contributed by atoms with Gasteiger partial charge in [0.1, 0.15) is 11.6 Å². The normalized spacial score (nSPS) is 12.1. The zero-order valence-electron chi connectivity index (χ0n) is 11.1. The Bertz CT molecular complexity index is 599. The number of methoxy groups -OCH3 is 1. The highest BCUT2D eigenvalue weighted by Gasteiger charge is 2.16. The highest BCUT2D eigenvalue weighted by molar-refractivity contribution is 6.35. The number of hydrogen-bond donors (Lipinski definition) is 1. The summed E-state index contributed by atoms with van der Waals surface area (Å²) in [5.41, 5.74) is 1.19. The van der Waals surface area contributed by atoms with E-state index in [-0.39, 0.29) is 11.9 Å². The molecule has 0 fully saturated rings. The first-order chi connectivity index (χ1) is 9.51. The Hall–Kier alpha value is -1.45. The Morgan fingerprint density at radius 2 is 1.80 bits per heavy atom. The molecule has 2 rings (SSSR count). The van der Waals surface area contributed by atoms with Crippen LogP contribution in [0.4, 0.5) is 10.1 Å². The number of ether oxygens (including phenoxy) is 1. The molecule has 0 heterocycles. The van der Waals surface area contributed by atoms with Crippen molar-refractivity contribution in [1.82, 2.24) is 0 Å². The van der Waals surface area contributed by atoms with Crippen LogP contribution in [0.3, 0.4) is 0 Å². The maximum atomic E-state index is 14.0. The third kappa shape index (κ3) is 3.35. The Morgan fingerprint density at radius 3 is 2.40 bits per heavy atom. The zero-order chi connectivity index (χ0) is 14.7. The van der Waals surface area contributed by atoms with E-state index in [0.717, 1.165) is 5.69 Å². The van der Waals surface area contributed by atoms with Gasteiger partial charge < -0.3 is 10.1 Å². The lowest BCUT2D eigenvalue weighted by atomic mass is 10.1. The fourth-order valence-corrected chi connectivity index (χ4v) is 2.60. The lowest BCUT2D eigenvalue weighted by Crippen LogP contribution is -2.10. The maximum Gasteiger partial charge on any atom is 0.132 e. The van der Waals surface area contributed by atoms with E-state index in [2.05, 4.69) is 5.32 Å². The van der Waals surface area contributed by atoms with E-state index >= 15 is 0 Å². The van der Waals surface area contributed by atoms with E-state index in [1.807, 2.05) is 6.92 Å². The summed E-state index contributed by atoms with van der Waals surface area (Å²) in [6.45, 7) is 1.84. The Labute approximate surface area is 127 Å². The van der Waals surface area contributed by atoms with Crippen molar-refractivity contribution >= 4 is 28.9 Å². The third-order valence-electron chi connectivity index (χ3n) is 2.91. The second kappa shape index (κ2) is 6.33. The van der Waals surface area contributed by atoms with E-state index in [1.54, 1.807) is 30.3 Å². The SMILES string of the molecule is COc1cccc(F)c1C(C)Nc1cc(Cl)cc(Cl)c1. The van der Waals surface area contributed by atoms with Gasteiger partial charge >= 0.3 is 0 Å². The molecule has 1 N–H and O–H groups in total. The molecule has 106 valence electrons. The first kappa shape index (κ1) is 14.9. The van der Waals surface area contributed by atoms with Crippen LogP contribution >= 0.6 is 23.2 Å². The largest absolute Gasteiger partial charge is 0.496 e. The number of rotatable bonds is 4.